The molecule has 2 rings (SSSR count). The second-order valence-corrected chi connectivity index (χ2v) is 6.10. The molecule has 0 aliphatic carbocycles. The van der Waals surface area contributed by atoms with E-state index in [1.807, 2.05) is 0 Å². The fourth-order valence-corrected chi connectivity index (χ4v) is 1.85. The van der Waals surface area contributed by atoms with Crippen molar-refractivity contribution in [2.45, 2.75) is 39.4 Å². The Morgan fingerprint density at radius 1 is 1.35 bits per heavy atom. The number of hydrogen-bond acceptors (Lipinski definition) is 3. The molecule has 2 aromatic rings. The van der Waals surface area contributed by atoms with E-state index in [2.05, 4.69) is 36.2 Å². The van der Waals surface area contributed by atoms with Crippen LogP contribution in [-0.4, -0.2) is 20.3 Å². The van der Waals surface area contributed by atoms with Crippen molar-refractivity contribution in [3.8, 4) is 0 Å². The SMILES string of the molecule is CC(C)(C)NCc1ncn(Cc2cc(F)ccc2Cl)n1. The lowest BCUT2D eigenvalue weighted by atomic mass is 10.1. The first-order chi connectivity index (χ1) is 9.33. The predicted octanol–water partition coefficient (Wildman–Crippen LogP) is 3.01. The molecule has 0 saturated heterocycles. The Hall–Kier alpha value is -1.46. The third-order valence-corrected chi connectivity index (χ3v) is 3.07. The van der Waals surface area contributed by atoms with Gasteiger partial charge >= 0.3 is 0 Å². The molecule has 0 unspecified atom stereocenters. The molecule has 1 aromatic carbocycles. The first-order valence-corrected chi connectivity index (χ1v) is 6.78. The highest BCUT2D eigenvalue weighted by Gasteiger charge is 2.11. The average molecular weight is 297 g/mol. The van der Waals surface area contributed by atoms with Gasteiger partial charge in [-0.2, -0.15) is 5.10 Å². The van der Waals surface area contributed by atoms with Crippen molar-refractivity contribution in [1.82, 2.24) is 20.1 Å². The summed E-state index contributed by atoms with van der Waals surface area (Å²) < 4.78 is 14.8. The van der Waals surface area contributed by atoms with Gasteiger partial charge in [0, 0.05) is 10.6 Å². The Morgan fingerprint density at radius 3 is 2.80 bits per heavy atom. The van der Waals surface area contributed by atoms with E-state index in [9.17, 15) is 4.39 Å². The molecular weight excluding hydrogens is 279 g/mol. The molecule has 0 atom stereocenters. The van der Waals surface area contributed by atoms with Crippen LogP contribution in [0.2, 0.25) is 5.02 Å². The van der Waals surface area contributed by atoms with Gasteiger partial charge < -0.3 is 5.32 Å². The van der Waals surface area contributed by atoms with Crippen LogP contribution in [0.25, 0.3) is 0 Å². The zero-order chi connectivity index (χ0) is 14.8. The molecular formula is C14H18ClFN4. The van der Waals surface area contributed by atoms with Crippen LogP contribution in [0, 0.1) is 5.82 Å². The fraction of sp³-hybridized carbons (Fsp3) is 0.429. The number of rotatable bonds is 4. The highest BCUT2D eigenvalue weighted by atomic mass is 35.5. The van der Waals surface area contributed by atoms with Crippen LogP contribution in [0.15, 0.2) is 24.5 Å². The van der Waals surface area contributed by atoms with Crippen molar-refractivity contribution >= 4 is 11.6 Å². The van der Waals surface area contributed by atoms with Crippen molar-refractivity contribution in [2.75, 3.05) is 0 Å². The summed E-state index contributed by atoms with van der Waals surface area (Å²) >= 11 is 6.03. The molecule has 0 aliphatic rings. The van der Waals surface area contributed by atoms with E-state index in [1.54, 1.807) is 17.1 Å². The van der Waals surface area contributed by atoms with Crippen LogP contribution >= 0.6 is 11.6 Å². The third kappa shape index (κ3) is 4.28. The van der Waals surface area contributed by atoms with Crippen LogP contribution in [0.4, 0.5) is 4.39 Å². The molecule has 6 heteroatoms. The zero-order valence-electron chi connectivity index (χ0n) is 11.8. The summed E-state index contributed by atoms with van der Waals surface area (Å²) in [6.45, 7) is 7.23. The van der Waals surface area contributed by atoms with E-state index in [0.29, 0.717) is 29.5 Å². The van der Waals surface area contributed by atoms with E-state index in [0.717, 1.165) is 0 Å². The monoisotopic (exact) mass is 296 g/mol. The summed E-state index contributed by atoms with van der Waals surface area (Å²) in [4.78, 5) is 4.22. The number of nitrogens with one attached hydrogen (secondary N) is 1. The molecule has 1 heterocycles. The van der Waals surface area contributed by atoms with Gasteiger partial charge in [0.1, 0.15) is 12.1 Å². The largest absolute Gasteiger partial charge is 0.305 e. The normalized spacial score (nSPS) is 11.8. The van der Waals surface area contributed by atoms with Gasteiger partial charge in [0.2, 0.25) is 0 Å². The molecule has 0 fully saturated rings. The molecule has 0 aliphatic heterocycles. The van der Waals surface area contributed by atoms with Gasteiger partial charge in [0.15, 0.2) is 5.82 Å². The Kier molecular flexibility index (Phi) is 4.40. The van der Waals surface area contributed by atoms with Crippen LogP contribution in [0.5, 0.6) is 0 Å². The van der Waals surface area contributed by atoms with Crippen molar-refractivity contribution in [3.63, 3.8) is 0 Å². The molecule has 20 heavy (non-hydrogen) atoms. The summed E-state index contributed by atoms with van der Waals surface area (Å²) in [5.74, 6) is 0.395. The maximum Gasteiger partial charge on any atom is 0.164 e. The molecule has 0 saturated carbocycles. The summed E-state index contributed by atoms with van der Waals surface area (Å²) in [6, 6.07) is 4.30. The van der Waals surface area contributed by atoms with Crippen molar-refractivity contribution < 1.29 is 4.39 Å². The third-order valence-electron chi connectivity index (χ3n) is 2.70. The minimum atomic E-state index is -0.306. The molecule has 4 nitrogen and oxygen atoms in total. The number of benzene rings is 1. The second kappa shape index (κ2) is 5.89. The van der Waals surface area contributed by atoms with Gasteiger partial charge in [-0.3, -0.25) is 0 Å². The Balaban J connectivity index is 2.04. The molecule has 0 radical (unpaired) electrons. The first kappa shape index (κ1) is 14.9. The van der Waals surface area contributed by atoms with E-state index >= 15 is 0 Å². The topological polar surface area (TPSA) is 42.7 Å². The first-order valence-electron chi connectivity index (χ1n) is 6.41. The highest BCUT2D eigenvalue weighted by Crippen LogP contribution is 2.17. The van der Waals surface area contributed by atoms with Crippen LogP contribution in [-0.2, 0) is 13.1 Å². The van der Waals surface area contributed by atoms with Gasteiger partial charge in [-0.1, -0.05) is 11.6 Å². The molecule has 1 aromatic heterocycles. The standard InChI is InChI=1S/C14H18ClFN4/c1-14(2,3)18-7-13-17-9-20(19-13)8-10-6-11(16)4-5-12(10)15/h4-6,9,18H,7-8H2,1-3H3. The van der Waals surface area contributed by atoms with Gasteiger partial charge in [0.05, 0.1) is 13.1 Å². The Labute approximate surface area is 123 Å². The van der Waals surface area contributed by atoms with E-state index < -0.39 is 0 Å². The second-order valence-electron chi connectivity index (χ2n) is 5.70. The number of hydrogen-bond donors (Lipinski definition) is 1. The Bertz CT molecular complexity index is 589. The Morgan fingerprint density at radius 2 is 2.10 bits per heavy atom. The smallest absolute Gasteiger partial charge is 0.164 e. The van der Waals surface area contributed by atoms with Crippen molar-refractivity contribution in [3.05, 3.63) is 46.8 Å². The highest BCUT2D eigenvalue weighted by molar-refractivity contribution is 6.31. The quantitative estimate of drug-likeness (QED) is 0.943. The number of halogens is 2. The van der Waals surface area contributed by atoms with E-state index in [-0.39, 0.29) is 11.4 Å². The number of nitrogens with zero attached hydrogens (tertiary/aromatic N) is 3. The lowest BCUT2D eigenvalue weighted by molar-refractivity contribution is 0.417. The summed E-state index contributed by atoms with van der Waals surface area (Å²) in [7, 11) is 0. The van der Waals surface area contributed by atoms with E-state index in [1.165, 1.54) is 12.1 Å². The summed E-state index contributed by atoms with van der Waals surface area (Å²) in [5, 5.41) is 8.18. The summed E-state index contributed by atoms with van der Waals surface area (Å²) in [5.41, 5.74) is 0.698. The lowest BCUT2D eigenvalue weighted by Crippen LogP contribution is -2.35. The van der Waals surface area contributed by atoms with Crippen molar-refractivity contribution in [2.24, 2.45) is 0 Å². The minimum absolute atomic E-state index is 0.0112. The zero-order valence-corrected chi connectivity index (χ0v) is 12.6. The average Bonchev–Trinajstić information content (AvgIpc) is 2.78. The van der Waals surface area contributed by atoms with Crippen LogP contribution < -0.4 is 5.32 Å². The number of aromatic nitrogens is 3. The maximum atomic E-state index is 13.2. The molecule has 0 spiro atoms. The maximum absolute atomic E-state index is 13.2. The predicted molar refractivity (Wildman–Crippen MR) is 77.1 cm³/mol. The van der Waals surface area contributed by atoms with Gasteiger partial charge in [-0.05, 0) is 44.5 Å². The van der Waals surface area contributed by atoms with E-state index in [4.69, 9.17) is 11.6 Å². The van der Waals surface area contributed by atoms with Crippen LogP contribution in [0.1, 0.15) is 32.2 Å². The van der Waals surface area contributed by atoms with Gasteiger partial charge in [-0.15, -0.1) is 0 Å². The van der Waals surface area contributed by atoms with Crippen molar-refractivity contribution in [1.29, 1.82) is 0 Å². The fourth-order valence-electron chi connectivity index (χ4n) is 1.67. The van der Waals surface area contributed by atoms with Gasteiger partial charge in [-0.25, -0.2) is 14.1 Å². The van der Waals surface area contributed by atoms with Crippen LogP contribution in [0.3, 0.4) is 0 Å². The molecule has 1 N–H and O–H groups in total. The molecule has 0 bridgehead atoms. The van der Waals surface area contributed by atoms with Gasteiger partial charge in [0.25, 0.3) is 0 Å². The minimum Gasteiger partial charge on any atom is -0.305 e. The lowest BCUT2D eigenvalue weighted by Gasteiger charge is -2.19. The molecule has 0 amide bonds. The molecule has 108 valence electrons. The summed E-state index contributed by atoms with van der Waals surface area (Å²) in [6.07, 6.45) is 1.63.